The highest BCUT2D eigenvalue weighted by Crippen LogP contribution is 2.31. The number of rotatable bonds is 6. The molecule has 1 aromatic carbocycles. The molecule has 162 valence electrons. The maximum Gasteiger partial charge on any atom is 0.191 e. The van der Waals surface area contributed by atoms with Gasteiger partial charge in [-0.3, -0.25) is 4.99 Å². The Balaban J connectivity index is 1.35. The van der Waals surface area contributed by atoms with Crippen molar-refractivity contribution in [2.45, 2.75) is 76.5 Å². The van der Waals surface area contributed by atoms with Gasteiger partial charge in [0.1, 0.15) is 11.6 Å². The summed E-state index contributed by atoms with van der Waals surface area (Å²) < 4.78 is 2.03. The van der Waals surface area contributed by atoms with Crippen molar-refractivity contribution in [1.29, 1.82) is 0 Å². The zero-order valence-electron chi connectivity index (χ0n) is 18.5. The number of fused-ring (bicyclic) bond motifs is 1. The Hall–Kier alpha value is -2.41. The van der Waals surface area contributed by atoms with Gasteiger partial charge in [-0.2, -0.15) is 5.10 Å². The Morgan fingerprint density at radius 3 is 2.77 bits per heavy atom. The highest BCUT2D eigenvalue weighted by Gasteiger charge is 2.35. The standard InChI is InChI=1S/C23H35N7/c1-17(19-9-5-4-6-10-19)28-23(13-7-8-14-23)16-25-22(24-3)27-20-11-12-21-26-18(2)29-30(21)15-20/h4-6,9-10,17,20,28H,7-8,11-16H2,1-3H3,(H2,24,25,27). The van der Waals surface area contributed by atoms with Crippen LogP contribution in [-0.2, 0) is 13.0 Å². The van der Waals surface area contributed by atoms with Crippen LogP contribution in [0.3, 0.4) is 0 Å². The van der Waals surface area contributed by atoms with Gasteiger partial charge in [-0.25, -0.2) is 9.67 Å². The van der Waals surface area contributed by atoms with E-state index >= 15 is 0 Å². The number of nitrogens with zero attached hydrogens (tertiary/aromatic N) is 4. The van der Waals surface area contributed by atoms with E-state index in [9.17, 15) is 0 Å². The number of hydrogen-bond donors (Lipinski definition) is 3. The molecule has 1 saturated carbocycles. The molecule has 0 spiro atoms. The summed E-state index contributed by atoms with van der Waals surface area (Å²) in [6.07, 6.45) is 6.94. The number of aromatic nitrogens is 3. The summed E-state index contributed by atoms with van der Waals surface area (Å²) in [4.78, 5) is 9.00. The van der Waals surface area contributed by atoms with E-state index in [0.717, 1.165) is 43.5 Å². The minimum Gasteiger partial charge on any atom is -0.355 e. The van der Waals surface area contributed by atoms with Gasteiger partial charge in [0.2, 0.25) is 0 Å². The topological polar surface area (TPSA) is 79.2 Å². The Bertz CT molecular complexity index is 852. The summed E-state index contributed by atoms with van der Waals surface area (Å²) in [5.74, 6) is 2.83. The minimum absolute atomic E-state index is 0.107. The van der Waals surface area contributed by atoms with Crippen molar-refractivity contribution >= 4 is 5.96 Å². The zero-order chi connectivity index (χ0) is 21.0. The quantitative estimate of drug-likeness (QED) is 0.505. The van der Waals surface area contributed by atoms with E-state index in [1.807, 2.05) is 18.7 Å². The Morgan fingerprint density at radius 2 is 2.03 bits per heavy atom. The van der Waals surface area contributed by atoms with Crippen LogP contribution in [0.1, 0.15) is 62.3 Å². The summed E-state index contributed by atoms with van der Waals surface area (Å²) in [5, 5.41) is 15.7. The Kier molecular flexibility index (Phi) is 6.37. The highest BCUT2D eigenvalue weighted by molar-refractivity contribution is 5.80. The molecule has 0 saturated heterocycles. The molecule has 2 unspecified atom stereocenters. The molecule has 1 fully saturated rings. The first-order valence-electron chi connectivity index (χ1n) is 11.3. The van der Waals surface area contributed by atoms with Gasteiger partial charge >= 0.3 is 0 Å². The monoisotopic (exact) mass is 409 g/mol. The first-order valence-corrected chi connectivity index (χ1v) is 11.3. The fraction of sp³-hybridized carbons (Fsp3) is 0.609. The van der Waals surface area contributed by atoms with E-state index in [-0.39, 0.29) is 5.54 Å². The summed E-state index contributed by atoms with van der Waals surface area (Å²) in [6, 6.07) is 11.4. The minimum atomic E-state index is 0.107. The van der Waals surface area contributed by atoms with Gasteiger partial charge in [0, 0.05) is 37.6 Å². The maximum absolute atomic E-state index is 4.51. The lowest BCUT2D eigenvalue weighted by atomic mass is 9.94. The van der Waals surface area contributed by atoms with E-state index in [1.165, 1.54) is 31.2 Å². The second-order valence-corrected chi connectivity index (χ2v) is 8.83. The SMILES string of the molecule is CN=C(NCC1(NC(C)c2ccccc2)CCCC1)NC1CCc2nc(C)nn2C1. The largest absolute Gasteiger partial charge is 0.355 e. The lowest BCUT2D eigenvalue weighted by Gasteiger charge is -2.35. The molecular weight excluding hydrogens is 374 g/mol. The number of nitrogens with one attached hydrogen (secondary N) is 3. The van der Waals surface area contributed by atoms with Crippen molar-refractivity contribution in [2.24, 2.45) is 4.99 Å². The average molecular weight is 410 g/mol. The maximum atomic E-state index is 4.51. The summed E-state index contributed by atoms with van der Waals surface area (Å²) >= 11 is 0. The molecule has 2 aromatic rings. The first kappa shape index (κ1) is 20.8. The molecule has 0 radical (unpaired) electrons. The van der Waals surface area contributed by atoms with Gasteiger partial charge < -0.3 is 16.0 Å². The molecular formula is C23H35N7. The average Bonchev–Trinajstić information content (AvgIpc) is 3.37. The number of guanidine groups is 1. The second kappa shape index (κ2) is 9.16. The van der Waals surface area contributed by atoms with Crippen LogP contribution in [0.5, 0.6) is 0 Å². The van der Waals surface area contributed by atoms with Crippen molar-refractivity contribution in [2.75, 3.05) is 13.6 Å². The van der Waals surface area contributed by atoms with Crippen LogP contribution in [-0.4, -0.2) is 45.9 Å². The van der Waals surface area contributed by atoms with Gasteiger partial charge in [-0.05, 0) is 38.7 Å². The smallest absolute Gasteiger partial charge is 0.191 e. The zero-order valence-corrected chi connectivity index (χ0v) is 18.5. The van der Waals surface area contributed by atoms with Gasteiger partial charge in [0.15, 0.2) is 5.96 Å². The molecule has 7 nitrogen and oxygen atoms in total. The molecule has 3 N–H and O–H groups in total. The fourth-order valence-electron chi connectivity index (χ4n) is 4.90. The second-order valence-electron chi connectivity index (χ2n) is 8.83. The predicted molar refractivity (Wildman–Crippen MR) is 121 cm³/mol. The van der Waals surface area contributed by atoms with E-state index in [1.54, 1.807) is 0 Å². The van der Waals surface area contributed by atoms with Crippen molar-refractivity contribution in [3.05, 3.63) is 47.5 Å². The molecule has 2 aliphatic rings. The lowest BCUT2D eigenvalue weighted by molar-refractivity contribution is 0.296. The van der Waals surface area contributed by atoms with E-state index in [4.69, 9.17) is 0 Å². The van der Waals surface area contributed by atoms with Crippen LogP contribution < -0.4 is 16.0 Å². The summed E-state index contributed by atoms with van der Waals surface area (Å²) in [6.45, 7) is 5.94. The molecule has 1 aliphatic heterocycles. The van der Waals surface area contributed by atoms with E-state index < -0.39 is 0 Å². The van der Waals surface area contributed by atoms with Crippen LogP contribution in [0, 0.1) is 6.92 Å². The highest BCUT2D eigenvalue weighted by atomic mass is 15.4. The van der Waals surface area contributed by atoms with Crippen molar-refractivity contribution in [3.63, 3.8) is 0 Å². The Labute approximate surface area is 179 Å². The van der Waals surface area contributed by atoms with Crippen LogP contribution in [0.2, 0.25) is 0 Å². The molecule has 2 heterocycles. The van der Waals surface area contributed by atoms with Crippen molar-refractivity contribution < 1.29 is 0 Å². The van der Waals surface area contributed by atoms with E-state index in [0.29, 0.717) is 12.1 Å². The Morgan fingerprint density at radius 1 is 1.27 bits per heavy atom. The van der Waals surface area contributed by atoms with Crippen LogP contribution in [0.4, 0.5) is 0 Å². The molecule has 2 atom stereocenters. The normalized spacial score (nSPS) is 21.8. The van der Waals surface area contributed by atoms with Gasteiger partial charge in [-0.1, -0.05) is 43.2 Å². The number of aryl methyl sites for hydroxylation is 2. The predicted octanol–water partition coefficient (Wildman–Crippen LogP) is 2.73. The van der Waals surface area contributed by atoms with E-state index in [2.05, 4.69) is 68.3 Å². The molecule has 30 heavy (non-hydrogen) atoms. The molecule has 1 aromatic heterocycles. The lowest BCUT2D eigenvalue weighted by Crippen LogP contribution is -2.55. The van der Waals surface area contributed by atoms with Gasteiger partial charge in [-0.15, -0.1) is 0 Å². The molecule has 7 heteroatoms. The van der Waals surface area contributed by atoms with Gasteiger partial charge in [0.25, 0.3) is 0 Å². The number of benzene rings is 1. The van der Waals surface area contributed by atoms with Crippen molar-refractivity contribution in [1.82, 2.24) is 30.7 Å². The summed E-state index contributed by atoms with van der Waals surface area (Å²) in [7, 11) is 1.85. The van der Waals surface area contributed by atoms with Crippen LogP contribution >= 0.6 is 0 Å². The number of aliphatic imine (C=N–C) groups is 1. The third-order valence-corrected chi connectivity index (χ3v) is 6.51. The van der Waals surface area contributed by atoms with Crippen LogP contribution in [0.25, 0.3) is 0 Å². The molecule has 1 aliphatic carbocycles. The molecule has 0 bridgehead atoms. The third kappa shape index (κ3) is 4.83. The molecule has 4 rings (SSSR count). The first-order chi connectivity index (χ1) is 14.6. The number of hydrogen-bond acceptors (Lipinski definition) is 4. The fourth-order valence-corrected chi connectivity index (χ4v) is 4.90. The summed E-state index contributed by atoms with van der Waals surface area (Å²) in [5.41, 5.74) is 1.45. The van der Waals surface area contributed by atoms with Gasteiger partial charge in [0.05, 0.1) is 6.54 Å². The molecule has 0 amide bonds. The third-order valence-electron chi connectivity index (χ3n) is 6.51. The van der Waals surface area contributed by atoms with Crippen molar-refractivity contribution in [3.8, 4) is 0 Å². The van der Waals surface area contributed by atoms with Crippen LogP contribution in [0.15, 0.2) is 35.3 Å².